The van der Waals surface area contributed by atoms with Gasteiger partial charge in [-0.15, -0.1) is 0 Å². The monoisotopic (exact) mass is 1420 g/mol. The molecule has 3 N–H and O–H groups in total. The third-order valence-corrected chi connectivity index (χ3v) is 18.2. The molecule has 17 nitrogen and oxygen atoms in total. The number of esters is 4. The molecule has 0 aromatic heterocycles. The number of phosphoric acid groups is 2. The number of hydrogen-bond donors (Lipinski definition) is 3. The van der Waals surface area contributed by atoms with Gasteiger partial charge in [-0.3, -0.25) is 37.3 Å². The molecular formula is C79H140O17P2. The molecule has 0 aliphatic carbocycles. The van der Waals surface area contributed by atoms with E-state index in [1.54, 1.807) is 0 Å². The van der Waals surface area contributed by atoms with Gasteiger partial charge in [0, 0.05) is 25.7 Å². The van der Waals surface area contributed by atoms with Crippen LogP contribution in [0.1, 0.15) is 336 Å². The Kier molecular flexibility index (Phi) is 68.9. The molecule has 0 aromatic carbocycles. The van der Waals surface area contributed by atoms with Crippen molar-refractivity contribution in [1.29, 1.82) is 0 Å². The number of ether oxygens (including phenoxy) is 4. The third kappa shape index (κ3) is 70.7. The highest BCUT2D eigenvalue weighted by Crippen LogP contribution is 2.45. The van der Waals surface area contributed by atoms with Crippen LogP contribution in [-0.4, -0.2) is 96.7 Å². The summed E-state index contributed by atoms with van der Waals surface area (Å²) in [5.74, 6) is -2.21. The second-order valence-corrected chi connectivity index (χ2v) is 28.8. The average Bonchev–Trinajstić information content (AvgIpc) is 0.969. The molecule has 98 heavy (non-hydrogen) atoms. The maximum atomic E-state index is 13.1. The molecule has 5 atom stereocenters. The first-order valence-corrected chi connectivity index (χ1v) is 41.8. The Hall–Kier alpha value is -3.76. The minimum absolute atomic E-state index is 0.0801. The van der Waals surface area contributed by atoms with E-state index < -0.39 is 97.5 Å². The van der Waals surface area contributed by atoms with E-state index in [0.29, 0.717) is 25.7 Å². The molecule has 0 bridgehead atoms. The fraction of sp³-hybridized carbons (Fsp3) is 0.772. The van der Waals surface area contributed by atoms with Gasteiger partial charge in [-0.25, -0.2) is 9.13 Å². The molecule has 0 fully saturated rings. The van der Waals surface area contributed by atoms with E-state index in [1.807, 2.05) is 0 Å². The molecule has 0 radical (unpaired) electrons. The van der Waals surface area contributed by atoms with Crippen LogP contribution in [0.2, 0.25) is 0 Å². The Bertz CT molecular complexity index is 2190. The smallest absolute Gasteiger partial charge is 0.462 e. The van der Waals surface area contributed by atoms with Gasteiger partial charge in [-0.05, 0) is 116 Å². The fourth-order valence-corrected chi connectivity index (χ4v) is 12.0. The van der Waals surface area contributed by atoms with Crippen molar-refractivity contribution >= 4 is 39.5 Å². The van der Waals surface area contributed by atoms with Gasteiger partial charge in [-0.1, -0.05) is 280 Å². The van der Waals surface area contributed by atoms with Gasteiger partial charge < -0.3 is 33.8 Å². The number of aliphatic hydroxyl groups is 1. The highest BCUT2D eigenvalue weighted by molar-refractivity contribution is 7.47. The van der Waals surface area contributed by atoms with Crippen LogP contribution in [0.25, 0.3) is 0 Å². The third-order valence-electron chi connectivity index (χ3n) is 16.3. The number of unbranched alkanes of at least 4 members (excludes halogenated alkanes) is 33. The Morgan fingerprint density at radius 3 is 0.878 bits per heavy atom. The molecular weight excluding hydrogens is 1280 g/mol. The summed E-state index contributed by atoms with van der Waals surface area (Å²) in [7, 11) is -9.95. The summed E-state index contributed by atoms with van der Waals surface area (Å²) < 4.78 is 68.5. The Morgan fingerprint density at radius 1 is 0.296 bits per heavy atom. The van der Waals surface area contributed by atoms with Crippen molar-refractivity contribution < 1.29 is 80.2 Å². The molecule has 0 aliphatic rings. The summed E-state index contributed by atoms with van der Waals surface area (Å²) in [6.07, 6.45) is 72.8. The van der Waals surface area contributed by atoms with Gasteiger partial charge in [0.05, 0.1) is 26.4 Å². The SMILES string of the molecule is CC/C=C\C/C=C\C/C=C\C/C=C\CCCCCCC(=O)OCC(COP(=O)(O)OCC(O)COP(=O)(O)OCC(COC(=O)CCCCCCCCCCCCCCCCC)OC(=O)CCCCCCC/C=C\C/C=C\CCC)OC(=O)CCCCCCC/C=C\CCCCCC. The van der Waals surface area contributed by atoms with Gasteiger partial charge in [0.1, 0.15) is 19.3 Å². The van der Waals surface area contributed by atoms with Gasteiger partial charge in [0.2, 0.25) is 0 Å². The first kappa shape index (κ1) is 94.2. The number of allylic oxidation sites excluding steroid dienone is 14. The summed E-state index contributed by atoms with van der Waals surface area (Å²) in [6, 6.07) is 0. The lowest BCUT2D eigenvalue weighted by molar-refractivity contribution is -0.161. The first-order chi connectivity index (χ1) is 47.7. The lowest BCUT2D eigenvalue weighted by atomic mass is 10.0. The lowest BCUT2D eigenvalue weighted by Crippen LogP contribution is -2.30. The zero-order valence-corrected chi connectivity index (χ0v) is 63.7. The minimum Gasteiger partial charge on any atom is -0.462 e. The van der Waals surface area contributed by atoms with Crippen LogP contribution in [-0.2, 0) is 65.4 Å². The maximum Gasteiger partial charge on any atom is 0.472 e. The molecule has 568 valence electrons. The molecule has 0 saturated carbocycles. The van der Waals surface area contributed by atoms with Crippen molar-refractivity contribution in [3.63, 3.8) is 0 Å². The maximum absolute atomic E-state index is 13.1. The van der Waals surface area contributed by atoms with Gasteiger partial charge >= 0.3 is 39.5 Å². The summed E-state index contributed by atoms with van der Waals surface area (Å²) in [5, 5.41) is 10.6. The number of carbonyl (C=O) groups excluding carboxylic acids is 4. The minimum atomic E-state index is -4.98. The van der Waals surface area contributed by atoms with Crippen LogP contribution in [0.15, 0.2) is 85.1 Å². The van der Waals surface area contributed by atoms with E-state index in [1.165, 1.54) is 96.3 Å². The van der Waals surface area contributed by atoms with Crippen molar-refractivity contribution in [2.45, 2.75) is 354 Å². The van der Waals surface area contributed by atoms with E-state index >= 15 is 0 Å². The Balaban J connectivity index is 5.34. The van der Waals surface area contributed by atoms with Gasteiger partial charge in [0.25, 0.3) is 0 Å². The van der Waals surface area contributed by atoms with Crippen LogP contribution >= 0.6 is 15.6 Å². The van der Waals surface area contributed by atoms with Crippen LogP contribution in [0.5, 0.6) is 0 Å². The van der Waals surface area contributed by atoms with E-state index in [9.17, 15) is 43.2 Å². The number of aliphatic hydroxyl groups excluding tert-OH is 1. The number of hydrogen-bond acceptors (Lipinski definition) is 15. The first-order valence-electron chi connectivity index (χ1n) is 38.8. The zero-order chi connectivity index (χ0) is 71.8. The second kappa shape index (κ2) is 71.6. The average molecular weight is 1420 g/mol. The van der Waals surface area contributed by atoms with Crippen molar-refractivity contribution in [2.24, 2.45) is 0 Å². The molecule has 5 unspecified atom stereocenters. The van der Waals surface area contributed by atoms with Gasteiger partial charge in [0.15, 0.2) is 12.2 Å². The molecule has 0 spiro atoms. The number of phosphoric ester groups is 2. The lowest BCUT2D eigenvalue weighted by Gasteiger charge is -2.21. The zero-order valence-electron chi connectivity index (χ0n) is 62.0. The van der Waals surface area contributed by atoms with Gasteiger partial charge in [-0.2, -0.15) is 0 Å². The summed E-state index contributed by atoms with van der Waals surface area (Å²) in [6.45, 7) is 4.67. The predicted molar refractivity (Wildman–Crippen MR) is 399 cm³/mol. The molecule has 0 amide bonds. The molecule has 0 saturated heterocycles. The fourth-order valence-electron chi connectivity index (χ4n) is 10.4. The van der Waals surface area contributed by atoms with E-state index in [2.05, 4.69) is 113 Å². The summed E-state index contributed by atoms with van der Waals surface area (Å²) in [5.41, 5.74) is 0. The quantitative estimate of drug-likeness (QED) is 0.0169. The van der Waals surface area contributed by atoms with Crippen molar-refractivity contribution in [1.82, 2.24) is 0 Å². The van der Waals surface area contributed by atoms with E-state index in [4.69, 9.17) is 37.0 Å². The summed E-state index contributed by atoms with van der Waals surface area (Å²) >= 11 is 0. The molecule has 19 heteroatoms. The normalized spacial score (nSPS) is 14.4. The molecule has 0 aliphatic heterocycles. The van der Waals surface area contributed by atoms with Crippen molar-refractivity contribution in [2.75, 3.05) is 39.6 Å². The van der Waals surface area contributed by atoms with Crippen LogP contribution in [0.3, 0.4) is 0 Å². The molecule has 0 rings (SSSR count). The predicted octanol–water partition coefficient (Wildman–Crippen LogP) is 22.2. The van der Waals surface area contributed by atoms with Crippen LogP contribution in [0, 0.1) is 0 Å². The largest absolute Gasteiger partial charge is 0.472 e. The van der Waals surface area contributed by atoms with Crippen LogP contribution in [0.4, 0.5) is 0 Å². The molecule has 0 aromatic rings. The Labute approximate surface area is 595 Å². The highest BCUT2D eigenvalue weighted by Gasteiger charge is 2.30. The second-order valence-electron chi connectivity index (χ2n) is 25.9. The number of carbonyl (C=O) groups is 4. The topological polar surface area (TPSA) is 237 Å². The van der Waals surface area contributed by atoms with Crippen molar-refractivity contribution in [3.05, 3.63) is 85.1 Å². The standard InChI is InChI=1S/C79H140O17P2/c1-5-9-13-17-21-25-29-33-35-36-38-42-44-48-52-56-60-64-77(82)90-70-75(96-79(84)66-62-58-54-50-46-40-32-28-24-20-16-12-8-4)72-94-98(87,88)92-68-73(80)67-91-97(85,86)93-71-74(95-78(83)65-61-57-53-49-45-39-31-27-23-19-15-11-7-3)69-89-76(81)63-59-55-51-47-43-41-37-34-30-26-22-18-14-10-6-2/h9,13,15,19,21,25,27-28,31-33,35,38,42,73-75,80H,5-8,10-12,14,16-18,20,22-24,26,29-30,34,36-37,39-41,43-72H2,1-4H3,(H,85,86)(H,87,88)/b13-9-,19-15-,25-21-,31-27-,32-28-,35-33-,42-38-. The highest BCUT2D eigenvalue weighted by atomic mass is 31.2. The van der Waals surface area contributed by atoms with E-state index in [0.717, 1.165) is 161 Å². The Morgan fingerprint density at radius 2 is 0.551 bits per heavy atom. The summed E-state index contributed by atoms with van der Waals surface area (Å²) in [4.78, 5) is 72.9. The van der Waals surface area contributed by atoms with Crippen molar-refractivity contribution in [3.8, 4) is 0 Å². The van der Waals surface area contributed by atoms with Crippen LogP contribution < -0.4 is 0 Å². The van der Waals surface area contributed by atoms with E-state index in [-0.39, 0.29) is 25.7 Å². The molecule has 0 heterocycles. The number of rotatable bonds is 73.